The summed E-state index contributed by atoms with van der Waals surface area (Å²) in [4.78, 5) is 0. The van der Waals surface area contributed by atoms with Crippen molar-refractivity contribution in [2.24, 2.45) is 5.73 Å². The Balaban J connectivity index is 1.74. The molecule has 1 aliphatic heterocycles. The van der Waals surface area contributed by atoms with Crippen LogP contribution >= 0.6 is 0 Å². The van der Waals surface area contributed by atoms with E-state index in [-0.39, 0.29) is 11.9 Å². The number of piperidine rings is 1. The van der Waals surface area contributed by atoms with Gasteiger partial charge in [-0.25, -0.2) is 0 Å². The average molecular weight is 388 g/mol. The van der Waals surface area contributed by atoms with Crippen LogP contribution in [0.1, 0.15) is 42.0 Å². The van der Waals surface area contributed by atoms with Crippen LogP contribution in [0.2, 0.25) is 0 Å². The monoisotopic (exact) mass is 387 g/mol. The second-order valence-corrected chi connectivity index (χ2v) is 7.72. The number of rotatable bonds is 6. The van der Waals surface area contributed by atoms with Crippen molar-refractivity contribution in [3.63, 3.8) is 0 Å². The van der Waals surface area contributed by atoms with Gasteiger partial charge in [0.25, 0.3) is 0 Å². The summed E-state index contributed by atoms with van der Waals surface area (Å²) < 4.78 is 6.48. The van der Waals surface area contributed by atoms with Gasteiger partial charge in [0.1, 0.15) is 17.7 Å². The molecule has 1 saturated heterocycles. The zero-order valence-electron chi connectivity index (χ0n) is 17.0. The van der Waals surface area contributed by atoms with Crippen LogP contribution in [0.3, 0.4) is 0 Å². The molecule has 0 bridgehead atoms. The Morgan fingerprint density at radius 3 is 2.48 bits per heavy atom. The summed E-state index contributed by atoms with van der Waals surface area (Å²) in [5.41, 5.74) is 10.4. The third-order valence-corrected chi connectivity index (χ3v) is 5.86. The van der Waals surface area contributed by atoms with E-state index >= 15 is 0 Å². The Morgan fingerprint density at radius 2 is 1.76 bits per heavy atom. The molecule has 150 valence electrons. The maximum Gasteiger partial charge on any atom is 0.123 e. The highest BCUT2D eigenvalue weighted by Gasteiger charge is 2.18. The third-order valence-electron chi connectivity index (χ3n) is 5.86. The van der Waals surface area contributed by atoms with Crippen molar-refractivity contribution in [3.8, 4) is 5.75 Å². The zero-order chi connectivity index (χ0) is 20.2. The summed E-state index contributed by atoms with van der Waals surface area (Å²) in [5, 5.41) is 13.5. The Morgan fingerprint density at radius 1 is 1.00 bits per heavy atom. The molecule has 3 aromatic rings. The van der Waals surface area contributed by atoms with Gasteiger partial charge in [0, 0.05) is 17.5 Å². The number of benzene rings is 3. The number of nitrogens with two attached hydrogens (primary N) is 1. The largest absolute Gasteiger partial charge is 0.490 e. The van der Waals surface area contributed by atoms with Gasteiger partial charge in [0.05, 0.1) is 0 Å². The van der Waals surface area contributed by atoms with Crippen molar-refractivity contribution in [2.45, 2.75) is 38.7 Å². The molecule has 1 aliphatic rings. The van der Waals surface area contributed by atoms with Crippen LogP contribution in [-0.2, 0) is 12.8 Å². The van der Waals surface area contributed by atoms with Crippen molar-refractivity contribution in [3.05, 3.63) is 76.9 Å². The summed E-state index contributed by atoms with van der Waals surface area (Å²) in [6.45, 7) is 4.24. The fraction of sp³-hybridized carbons (Fsp3) is 0.320. The van der Waals surface area contributed by atoms with Crippen molar-refractivity contribution in [2.75, 3.05) is 13.1 Å². The number of amidine groups is 1. The fourth-order valence-electron chi connectivity index (χ4n) is 4.29. The summed E-state index contributed by atoms with van der Waals surface area (Å²) in [5.74, 6) is 1.12. The van der Waals surface area contributed by atoms with Crippen molar-refractivity contribution in [1.29, 1.82) is 5.41 Å². The molecule has 4 N–H and O–H groups in total. The normalized spacial score (nSPS) is 14.8. The molecule has 0 aliphatic carbocycles. The molecule has 1 fully saturated rings. The molecular formula is C25H29N3O. The van der Waals surface area contributed by atoms with Gasteiger partial charge in [0.15, 0.2) is 0 Å². The highest BCUT2D eigenvalue weighted by atomic mass is 16.5. The van der Waals surface area contributed by atoms with Gasteiger partial charge < -0.3 is 15.8 Å². The molecule has 0 aromatic heterocycles. The Hall–Kier alpha value is -2.85. The highest BCUT2D eigenvalue weighted by molar-refractivity contribution is 6.08. The maximum absolute atomic E-state index is 7.90. The third kappa shape index (κ3) is 4.13. The van der Waals surface area contributed by atoms with Gasteiger partial charge in [-0.15, -0.1) is 0 Å². The van der Waals surface area contributed by atoms with Gasteiger partial charge >= 0.3 is 0 Å². The second kappa shape index (κ2) is 8.66. The number of hydrogen-bond donors (Lipinski definition) is 3. The topological polar surface area (TPSA) is 71.1 Å². The number of aryl methyl sites for hydroxylation is 1. The van der Waals surface area contributed by atoms with Crippen LogP contribution in [-0.4, -0.2) is 25.0 Å². The molecule has 0 spiro atoms. The van der Waals surface area contributed by atoms with Crippen LogP contribution in [0.15, 0.2) is 54.6 Å². The second-order valence-electron chi connectivity index (χ2n) is 7.72. The molecule has 4 heteroatoms. The molecule has 0 atom stereocenters. The van der Waals surface area contributed by atoms with Crippen molar-refractivity contribution >= 4 is 16.6 Å². The molecule has 0 unspecified atom stereocenters. The molecule has 3 aromatic carbocycles. The van der Waals surface area contributed by atoms with Gasteiger partial charge in [-0.05, 0) is 60.3 Å². The predicted octanol–water partition coefficient (Wildman–Crippen LogP) is 4.41. The number of hydrogen-bond acceptors (Lipinski definition) is 3. The van der Waals surface area contributed by atoms with Gasteiger partial charge in [-0.2, -0.15) is 0 Å². The SMILES string of the molecule is CCc1cccc(OC2CCNCC2)c1Cc1ccc(C(=N)N)c2ccccc12. The average Bonchev–Trinajstić information content (AvgIpc) is 2.75. The summed E-state index contributed by atoms with van der Waals surface area (Å²) in [7, 11) is 0. The lowest BCUT2D eigenvalue weighted by Gasteiger charge is -2.26. The summed E-state index contributed by atoms with van der Waals surface area (Å²) >= 11 is 0. The lowest BCUT2D eigenvalue weighted by Crippen LogP contribution is -2.34. The number of ether oxygens (including phenoxy) is 1. The summed E-state index contributed by atoms with van der Waals surface area (Å²) in [6, 6.07) is 18.7. The molecule has 4 rings (SSSR count). The molecule has 0 amide bonds. The molecular weight excluding hydrogens is 358 g/mol. The van der Waals surface area contributed by atoms with E-state index in [9.17, 15) is 0 Å². The van der Waals surface area contributed by atoms with Crippen LogP contribution in [0.5, 0.6) is 5.75 Å². The van der Waals surface area contributed by atoms with E-state index in [4.69, 9.17) is 15.9 Å². The van der Waals surface area contributed by atoms with Gasteiger partial charge in [-0.1, -0.05) is 55.5 Å². The molecule has 0 saturated carbocycles. The Labute approximate surface area is 172 Å². The van der Waals surface area contributed by atoms with E-state index in [1.54, 1.807) is 0 Å². The zero-order valence-corrected chi connectivity index (χ0v) is 17.0. The minimum atomic E-state index is 0.108. The first kappa shape index (κ1) is 19.5. The first-order valence-corrected chi connectivity index (χ1v) is 10.5. The van der Waals surface area contributed by atoms with Crippen LogP contribution in [0, 0.1) is 5.41 Å². The minimum Gasteiger partial charge on any atom is -0.490 e. The van der Waals surface area contributed by atoms with E-state index < -0.39 is 0 Å². The number of nitrogen functional groups attached to an aromatic ring is 1. The van der Waals surface area contributed by atoms with Crippen molar-refractivity contribution in [1.82, 2.24) is 5.32 Å². The Bertz CT molecular complexity index is 1020. The van der Waals surface area contributed by atoms with Gasteiger partial charge in [-0.3, -0.25) is 5.41 Å². The lowest BCUT2D eigenvalue weighted by molar-refractivity contribution is 0.161. The predicted molar refractivity (Wildman–Crippen MR) is 120 cm³/mol. The quantitative estimate of drug-likeness (QED) is 0.433. The summed E-state index contributed by atoms with van der Waals surface area (Å²) in [6.07, 6.45) is 4.16. The van der Waals surface area contributed by atoms with Crippen LogP contribution < -0.4 is 15.8 Å². The molecule has 0 radical (unpaired) electrons. The fourth-order valence-corrected chi connectivity index (χ4v) is 4.29. The number of nitrogens with one attached hydrogen (secondary N) is 2. The van der Waals surface area contributed by atoms with E-state index in [0.29, 0.717) is 0 Å². The highest BCUT2D eigenvalue weighted by Crippen LogP contribution is 2.31. The first-order valence-electron chi connectivity index (χ1n) is 10.5. The molecule has 1 heterocycles. The Kier molecular flexibility index (Phi) is 5.81. The molecule has 29 heavy (non-hydrogen) atoms. The van der Waals surface area contributed by atoms with Gasteiger partial charge in [0.2, 0.25) is 0 Å². The number of fused-ring (bicyclic) bond motifs is 1. The van der Waals surface area contributed by atoms with Crippen LogP contribution in [0.4, 0.5) is 0 Å². The standard InChI is InChI=1S/C25H29N3O/c1-2-17-6-5-9-24(29-19-12-14-28-15-13-19)23(17)16-18-10-11-22(25(26)27)21-8-4-3-7-20(18)21/h3-11,19,28H,2,12-16H2,1H3,(H3,26,27). The first-order chi connectivity index (χ1) is 14.2. The molecule has 4 nitrogen and oxygen atoms in total. The van der Waals surface area contributed by atoms with E-state index in [1.165, 1.54) is 16.7 Å². The van der Waals surface area contributed by atoms with E-state index in [0.717, 1.165) is 60.9 Å². The maximum atomic E-state index is 7.90. The lowest BCUT2D eigenvalue weighted by atomic mass is 9.92. The van der Waals surface area contributed by atoms with E-state index in [1.807, 2.05) is 24.3 Å². The minimum absolute atomic E-state index is 0.108. The van der Waals surface area contributed by atoms with E-state index in [2.05, 4.69) is 42.6 Å². The van der Waals surface area contributed by atoms with Crippen molar-refractivity contribution < 1.29 is 4.74 Å². The van der Waals surface area contributed by atoms with Crippen LogP contribution in [0.25, 0.3) is 10.8 Å². The smallest absolute Gasteiger partial charge is 0.123 e.